The summed E-state index contributed by atoms with van der Waals surface area (Å²) < 4.78 is 5.52. The van der Waals surface area contributed by atoms with Gasteiger partial charge in [-0.05, 0) is 40.5 Å². The largest absolute Gasteiger partial charge is 0.445 e. The third-order valence-electron chi connectivity index (χ3n) is 4.98. The van der Waals surface area contributed by atoms with Crippen LogP contribution in [-0.4, -0.2) is 25.1 Å². The molecule has 29 heavy (non-hydrogen) atoms. The third-order valence-corrected chi connectivity index (χ3v) is 4.98. The standard InChI is InChI=1S/C24H28N2O3/c1-18(27)25-14-8-2-3-9-15-26-24(28)29-17-23-21-12-6-4-10-19(21)16-20-11-5-7-13-22(20)23/h4-7,10-13,16H,2-3,8-9,14-15,17H2,1H3,(H,25,27)(H,26,28). The summed E-state index contributed by atoms with van der Waals surface area (Å²) in [4.78, 5) is 22.9. The molecule has 152 valence electrons. The van der Waals surface area contributed by atoms with Crippen molar-refractivity contribution in [3.8, 4) is 0 Å². The SMILES string of the molecule is CC(=O)NCCCCCCNC(=O)OCc1c2ccccc2cc2ccccc12. The van der Waals surface area contributed by atoms with Crippen molar-refractivity contribution in [3.63, 3.8) is 0 Å². The van der Waals surface area contributed by atoms with Gasteiger partial charge in [-0.3, -0.25) is 4.79 Å². The number of unbranched alkanes of at least 4 members (excludes halogenated alkanes) is 3. The van der Waals surface area contributed by atoms with E-state index in [2.05, 4.69) is 41.0 Å². The molecule has 0 atom stereocenters. The number of hydrogen-bond acceptors (Lipinski definition) is 3. The molecule has 5 heteroatoms. The molecular weight excluding hydrogens is 364 g/mol. The quantitative estimate of drug-likeness (QED) is 0.401. The van der Waals surface area contributed by atoms with E-state index in [0.29, 0.717) is 13.1 Å². The average Bonchev–Trinajstić information content (AvgIpc) is 2.72. The molecule has 0 aliphatic heterocycles. The van der Waals surface area contributed by atoms with E-state index < -0.39 is 0 Å². The van der Waals surface area contributed by atoms with Gasteiger partial charge < -0.3 is 15.4 Å². The maximum absolute atomic E-state index is 12.1. The van der Waals surface area contributed by atoms with Gasteiger partial charge in [0, 0.05) is 25.6 Å². The van der Waals surface area contributed by atoms with Gasteiger partial charge in [0.15, 0.2) is 0 Å². The van der Waals surface area contributed by atoms with E-state index in [1.54, 1.807) is 0 Å². The monoisotopic (exact) mass is 392 g/mol. The molecule has 0 bridgehead atoms. The minimum Gasteiger partial charge on any atom is -0.445 e. The van der Waals surface area contributed by atoms with Crippen LogP contribution in [-0.2, 0) is 16.1 Å². The Hall–Kier alpha value is -3.08. The van der Waals surface area contributed by atoms with E-state index in [1.165, 1.54) is 6.92 Å². The molecule has 0 spiro atoms. The minimum absolute atomic E-state index is 0.00776. The van der Waals surface area contributed by atoms with Gasteiger partial charge in [-0.1, -0.05) is 61.4 Å². The summed E-state index contributed by atoms with van der Waals surface area (Å²) in [5.74, 6) is 0.00776. The smallest absolute Gasteiger partial charge is 0.407 e. The van der Waals surface area contributed by atoms with Crippen LogP contribution in [0, 0.1) is 0 Å². The van der Waals surface area contributed by atoms with Crippen LogP contribution in [0.3, 0.4) is 0 Å². The number of alkyl carbamates (subject to hydrolysis) is 1. The number of benzene rings is 3. The van der Waals surface area contributed by atoms with Crippen LogP contribution in [0.5, 0.6) is 0 Å². The van der Waals surface area contributed by atoms with E-state index in [0.717, 1.165) is 52.8 Å². The van der Waals surface area contributed by atoms with Gasteiger partial charge in [0.1, 0.15) is 6.61 Å². The first-order valence-corrected chi connectivity index (χ1v) is 10.2. The molecule has 0 aliphatic carbocycles. The topological polar surface area (TPSA) is 67.4 Å². The molecule has 0 aliphatic rings. The second kappa shape index (κ2) is 10.5. The predicted octanol–water partition coefficient (Wildman–Crippen LogP) is 4.92. The average molecular weight is 392 g/mol. The molecule has 0 fully saturated rings. The highest BCUT2D eigenvalue weighted by Crippen LogP contribution is 2.29. The van der Waals surface area contributed by atoms with E-state index in [1.807, 2.05) is 24.3 Å². The summed E-state index contributed by atoms with van der Waals surface area (Å²) in [5.41, 5.74) is 1.03. The number of rotatable bonds is 9. The van der Waals surface area contributed by atoms with E-state index >= 15 is 0 Å². The molecular formula is C24H28N2O3. The number of fused-ring (bicyclic) bond motifs is 2. The first-order chi connectivity index (χ1) is 14.1. The zero-order valence-electron chi connectivity index (χ0n) is 16.9. The summed E-state index contributed by atoms with van der Waals surface area (Å²) >= 11 is 0. The highest BCUT2D eigenvalue weighted by Gasteiger charge is 2.10. The molecule has 0 heterocycles. The van der Waals surface area contributed by atoms with Gasteiger partial charge in [0.25, 0.3) is 0 Å². The molecule has 2 amide bonds. The Morgan fingerprint density at radius 2 is 1.34 bits per heavy atom. The van der Waals surface area contributed by atoms with Crippen molar-refractivity contribution in [2.24, 2.45) is 0 Å². The Kier molecular flexibility index (Phi) is 7.45. The Bertz CT molecular complexity index is 930. The van der Waals surface area contributed by atoms with Crippen molar-refractivity contribution in [2.75, 3.05) is 13.1 Å². The van der Waals surface area contributed by atoms with Crippen LogP contribution < -0.4 is 10.6 Å². The van der Waals surface area contributed by atoms with Gasteiger partial charge >= 0.3 is 6.09 Å². The fourth-order valence-electron chi connectivity index (χ4n) is 3.51. The van der Waals surface area contributed by atoms with E-state index in [4.69, 9.17) is 4.74 Å². The molecule has 0 saturated carbocycles. The molecule has 2 N–H and O–H groups in total. The summed E-state index contributed by atoms with van der Waals surface area (Å²) in [5, 5.41) is 10.1. The maximum atomic E-state index is 12.1. The zero-order valence-corrected chi connectivity index (χ0v) is 16.9. The van der Waals surface area contributed by atoms with Crippen molar-refractivity contribution < 1.29 is 14.3 Å². The fourth-order valence-corrected chi connectivity index (χ4v) is 3.51. The molecule has 5 nitrogen and oxygen atoms in total. The maximum Gasteiger partial charge on any atom is 0.407 e. The van der Waals surface area contributed by atoms with E-state index in [9.17, 15) is 9.59 Å². The first kappa shape index (κ1) is 20.6. The van der Waals surface area contributed by atoms with Crippen molar-refractivity contribution in [1.29, 1.82) is 0 Å². The van der Waals surface area contributed by atoms with Crippen LogP contribution in [0.4, 0.5) is 4.79 Å². The van der Waals surface area contributed by atoms with Crippen LogP contribution in [0.25, 0.3) is 21.5 Å². The summed E-state index contributed by atoms with van der Waals surface area (Å²) in [6.45, 7) is 3.07. The van der Waals surface area contributed by atoms with Gasteiger partial charge in [-0.15, -0.1) is 0 Å². The van der Waals surface area contributed by atoms with Crippen molar-refractivity contribution in [1.82, 2.24) is 10.6 Å². The van der Waals surface area contributed by atoms with Crippen LogP contribution in [0.15, 0.2) is 54.6 Å². The zero-order chi connectivity index (χ0) is 20.5. The molecule has 0 saturated heterocycles. The first-order valence-electron chi connectivity index (χ1n) is 10.2. The second-order valence-electron chi connectivity index (χ2n) is 7.20. The number of amides is 2. The Balaban J connectivity index is 1.49. The summed E-state index contributed by atoms with van der Waals surface area (Å²) in [6.07, 6.45) is 3.50. The van der Waals surface area contributed by atoms with Crippen molar-refractivity contribution in [3.05, 3.63) is 60.2 Å². The number of hydrogen-bond donors (Lipinski definition) is 2. The molecule has 0 unspecified atom stereocenters. The van der Waals surface area contributed by atoms with Gasteiger partial charge in [0.2, 0.25) is 5.91 Å². The lowest BCUT2D eigenvalue weighted by Gasteiger charge is -2.12. The highest BCUT2D eigenvalue weighted by molar-refractivity contribution is 6.02. The van der Waals surface area contributed by atoms with Crippen LogP contribution in [0.1, 0.15) is 38.2 Å². The number of carbonyl (C=O) groups is 2. The highest BCUT2D eigenvalue weighted by atomic mass is 16.5. The van der Waals surface area contributed by atoms with Gasteiger partial charge in [-0.2, -0.15) is 0 Å². The van der Waals surface area contributed by atoms with Gasteiger partial charge in [-0.25, -0.2) is 4.79 Å². The fraction of sp³-hybridized carbons (Fsp3) is 0.333. The second-order valence-corrected chi connectivity index (χ2v) is 7.20. The third kappa shape index (κ3) is 5.95. The lowest BCUT2D eigenvalue weighted by atomic mass is 9.97. The minimum atomic E-state index is -0.389. The lowest BCUT2D eigenvalue weighted by Crippen LogP contribution is -2.25. The molecule has 3 aromatic rings. The number of ether oxygens (including phenoxy) is 1. The van der Waals surface area contributed by atoms with Crippen LogP contribution >= 0.6 is 0 Å². The van der Waals surface area contributed by atoms with E-state index in [-0.39, 0.29) is 18.6 Å². The van der Waals surface area contributed by atoms with Crippen molar-refractivity contribution >= 4 is 33.5 Å². The normalized spacial score (nSPS) is 10.8. The molecule has 3 rings (SSSR count). The molecule has 0 aromatic heterocycles. The summed E-state index contributed by atoms with van der Waals surface area (Å²) in [6, 6.07) is 18.5. The molecule has 3 aromatic carbocycles. The molecule has 0 radical (unpaired) electrons. The summed E-state index contributed by atoms with van der Waals surface area (Å²) in [7, 11) is 0. The van der Waals surface area contributed by atoms with Gasteiger partial charge in [0.05, 0.1) is 0 Å². The Labute approximate surface area is 171 Å². The Morgan fingerprint density at radius 1 is 0.793 bits per heavy atom. The van der Waals surface area contributed by atoms with Crippen LogP contribution in [0.2, 0.25) is 0 Å². The lowest BCUT2D eigenvalue weighted by molar-refractivity contribution is -0.118. The Morgan fingerprint density at radius 3 is 1.93 bits per heavy atom. The predicted molar refractivity (Wildman–Crippen MR) is 117 cm³/mol. The number of carbonyl (C=O) groups excluding carboxylic acids is 2. The van der Waals surface area contributed by atoms with Crippen molar-refractivity contribution in [2.45, 2.75) is 39.2 Å². The number of nitrogens with one attached hydrogen (secondary N) is 2.